The number of carbonyl (C=O) groups excluding carboxylic acids is 2. The zero-order valence-electron chi connectivity index (χ0n) is 19.2. The van der Waals surface area contributed by atoms with Gasteiger partial charge in [0, 0.05) is 35.8 Å². The molecule has 0 saturated carbocycles. The Morgan fingerprint density at radius 1 is 0.971 bits per heavy atom. The van der Waals surface area contributed by atoms with Gasteiger partial charge < -0.3 is 15.0 Å². The Hall–Kier alpha value is -4.11. The van der Waals surface area contributed by atoms with E-state index in [-0.39, 0.29) is 17.9 Å². The van der Waals surface area contributed by atoms with Gasteiger partial charge in [-0.2, -0.15) is 5.26 Å². The van der Waals surface area contributed by atoms with E-state index < -0.39 is 0 Å². The van der Waals surface area contributed by atoms with Crippen molar-refractivity contribution >= 4 is 11.8 Å². The van der Waals surface area contributed by atoms with E-state index >= 15 is 0 Å². The summed E-state index contributed by atoms with van der Waals surface area (Å²) in [5.74, 6) is 0.573. The lowest BCUT2D eigenvalue weighted by Gasteiger charge is -2.32. The molecule has 0 unspecified atom stereocenters. The molecule has 172 valence electrons. The van der Waals surface area contributed by atoms with E-state index in [0.717, 1.165) is 16.9 Å². The van der Waals surface area contributed by atoms with Crippen LogP contribution in [-0.2, 0) is 0 Å². The van der Waals surface area contributed by atoms with Gasteiger partial charge in [-0.15, -0.1) is 0 Å². The van der Waals surface area contributed by atoms with Crippen LogP contribution in [0.15, 0.2) is 72.8 Å². The molecule has 0 atom stereocenters. The Morgan fingerprint density at radius 2 is 1.62 bits per heavy atom. The normalized spacial score (nSPS) is 13.7. The Bertz CT molecular complexity index is 1210. The monoisotopic (exact) mass is 453 g/mol. The molecule has 0 aromatic heterocycles. The fourth-order valence-corrected chi connectivity index (χ4v) is 4.26. The molecule has 4 rings (SSSR count). The minimum atomic E-state index is -0.167. The summed E-state index contributed by atoms with van der Waals surface area (Å²) in [4.78, 5) is 27.8. The number of carbonyl (C=O) groups is 2. The van der Waals surface area contributed by atoms with Crippen LogP contribution in [0.2, 0.25) is 0 Å². The SMILES string of the molecule is CCOc1ccc(C(=O)N2CCC(NC(=O)c3ccccc3-c3ccccc3C#N)CC2)cc1. The molecule has 34 heavy (non-hydrogen) atoms. The third-order valence-corrected chi connectivity index (χ3v) is 6.04. The number of piperidine rings is 1. The Labute approximate surface area is 199 Å². The summed E-state index contributed by atoms with van der Waals surface area (Å²) >= 11 is 0. The van der Waals surface area contributed by atoms with Crippen molar-refractivity contribution in [1.82, 2.24) is 10.2 Å². The molecule has 0 bridgehead atoms. The van der Waals surface area contributed by atoms with Gasteiger partial charge in [-0.05, 0) is 61.7 Å². The Kier molecular flexibility index (Phi) is 7.24. The first-order valence-electron chi connectivity index (χ1n) is 11.5. The number of ether oxygens (including phenoxy) is 1. The van der Waals surface area contributed by atoms with Crippen molar-refractivity contribution in [2.24, 2.45) is 0 Å². The first-order chi connectivity index (χ1) is 16.6. The first-order valence-corrected chi connectivity index (χ1v) is 11.5. The maximum absolute atomic E-state index is 13.1. The predicted molar refractivity (Wildman–Crippen MR) is 131 cm³/mol. The van der Waals surface area contributed by atoms with Crippen LogP contribution in [0, 0.1) is 11.3 Å². The van der Waals surface area contributed by atoms with Gasteiger partial charge in [-0.25, -0.2) is 0 Å². The number of hydrogen-bond donors (Lipinski definition) is 1. The zero-order valence-corrected chi connectivity index (χ0v) is 19.2. The third-order valence-electron chi connectivity index (χ3n) is 6.04. The number of likely N-dealkylation sites (tertiary alicyclic amines) is 1. The molecule has 2 amide bonds. The van der Waals surface area contributed by atoms with Crippen molar-refractivity contribution in [2.45, 2.75) is 25.8 Å². The zero-order chi connectivity index (χ0) is 23.9. The van der Waals surface area contributed by atoms with Crippen LogP contribution in [0.1, 0.15) is 46.0 Å². The summed E-state index contributed by atoms with van der Waals surface area (Å²) < 4.78 is 5.44. The van der Waals surface area contributed by atoms with Gasteiger partial charge >= 0.3 is 0 Å². The van der Waals surface area contributed by atoms with Crippen LogP contribution in [-0.4, -0.2) is 42.5 Å². The molecule has 3 aromatic rings. The van der Waals surface area contributed by atoms with Gasteiger partial charge in [0.2, 0.25) is 0 Å². The van der Waals surface area contributed by atoms with Crippen molar-refractivity contribution < 1.29 is 14.3 Å². The molecule has 6 heteroatoms. The number of rotatable bonds is 6. The molecule has 1 saturated heterocycles. The number of hydrogen-bond acceptors (Lipinski definition) is 4. The average Bonchev–Trinajstić information content (AvgIpc) is 2.89. The molecule has 1 fully saturated rings. The second kappa shape index (κ2) is 10.7. The molecule has 1 aliphatic heterocycles. The molecule has 3 aromatic carbocycles. The van der Waals surface area contributed by atoms with Gasteiger partial charge in [-0.1, -0.05) is 36.4 Å². The van der Waals surface area contributed by atoms with E-state index in [1.807, 2.05) is 60.4 Å². The van der Waals surface area contributed by atoms with E-state index in [4.69, 9.17) is 4.74 Å². The molecule has 1 heterocycles. The highest BCUT2D eigenvalue weighted by atomic mass is 16.5. The van der Waals surface area contributed by atoms with Gasteiger partial charge in [0.05, 0.1) is 18.2 Å². The number of benzene rings is 3. The summed E-state index contributed by atoms with van der Waals surface area (Å²) in [7, 11) is 0. The maximum atomic E-state index is 13.1. The highest BCUT2D eigenvalue weighted by Gasteiger charge is 2.25. The lowest BCUT2D eigenvalue weighted by molar-refractivity contribution is 0.0698. The standard InChI is InChI=1S/C28H27N3O3/c1-2-34-23-13-11-20(12-14-23)28(33)31-17-15-22(16-18-31)30-27(32)26-10-6-5-9-25(26)24-8-4-3-7-21(24)19-29/h3-14,22H,2,15-18H2,1H3,(H,30,32). The van der Waals surface area contributed by atoms with Gasteiger partial charge in [0.25, 0.3) is 11.8 Å². The van der Waals surface area contributed by atoms with Gasteiger partial charge in [0.1, 0.15) is 5.75 Å². The topological polar surface area (TPSA) is 82.4 Å². The number of nitriles is 1. The van der Waals surface area contributed by atoms with E-state index in [1.54, 1.807) is 24.3 Å². The average molecular weight is 454 g/mol. The summed E-state index contributed by atoms with van der Waals surface area (Å²) in [6.45, 7) is 3.67. The minimum absolute atomic E-state index is 0.00807. The van der Waals surface area contributed by atoms with Crippen molar-refractivity contribution in [2.75, 3.05) is 19.7 Å². The molecule has 0 aliphatic carbocycles. The second-order valence-corrected chi connectivity index (χ2v) is 8.20. The van der Waals surface area contributed by atoms with Gasteiger partial charge in [0.15, 0.2) is 0 Å². The van der Waals surface area contributed by atoms with Crippen LogP contribution in [0.5, 0.6) is 5.75 Å². The van der Waals surface area contributed by atoms with Crippen LogP contribution in [0.3, 0.4) is 0 Å². The fourth-order valence-electron chi connectivity index (χ4n) is 4.26. The lowest BCUT2D eigenvalue weighted by Crippen LogP contribution is -2.46. The molecular weight excluding hydrogens is 426 g/mol. The molecule has 0 radical (unpaired) electrons. The third kappa shape index (κ3) is 5.10. The smallest absolute Gasteiger partial charge is 0.253 e. The fraction of sp³-hybridized carbons (Fsp3) is 0.250. The second-order valence-electron chi connectivity index (χ2n) is 8.20. The van der Waals surface area contributed by atoms with Gasteiger partial charge in [-0.3, -0.25) is 9.59 Å². The Balaban J connectivity index is 1.39. The van der Waals surface area contributed by atoms with E-state index in [1.165, 1.54) is 0 Å². The maximum Gasteiger partial charge on any atom is 0.253 e. The summed E-state index contributed by atoms with van der Waals surface area (Å²) in [6.07, 6.45) is 1.37. The minimum Gasteiger partial charge on any atom is -0.494 e. The summed E-state index contributed by atoms with van der Waals surface area (Å²) in [5, 5.41) is 12.6. The molecule has 1 N–H and O–H groups in total. The van der Waals surface area contributed by atoms with Crippen LogP contribution in [0.25, 0.3) is 11.1 Å². The number of amides is 2. The van der Waals surface area contributed by atoms with E-state index in [0.29, 0.717) is 49.2 Å². The first kappa shape index (κ1) is 23.1. The Morgan fingerprint density at radius 3 is 2.29 bits per heavy atom. The van der Waals surface area contributed by atoms with Crippen molar-refractivity contribution in [1.29, 1.82) is 5.26 Å². The highest BCUT2D eigenvalue weighted by molar-refractivity contribution is 6.01. The molecule has 1 aliphatic rings. The van der Waals surface area contributed by atoms with E-state index in [2.05, 4.69) is 11.4 Å². The molecule has 6 nitrogen and oxygen atoms in total. The number of nitrogens with zero attached hydrogens (tertiary/aromatic N) is 2. The van der Waals surface area contributed by atoms with Crippen LogP contribution >= 0.6 is 0 Å². The van der Waals surface area contributed by atoms with Crippen molar-refractivity contribution in [3.8, 4) is 22.9 Å². The summed E-state index contributed by atoms with van der Waals surface area (Å²) in [6, 6.07) is 24.0. The van der Waals surface area contributed by atoms with Crippen LogP contribution < -0.4 is 10.1 Å². The van der Waals surface area contributed by atoms with Crippen LogP contribution in [0.4, 0.5) is 0 Å². The van der Waals surface area contributed by atoms with E-state index in [9.17, 15) is 14.9 Å². The molecule has 0 spiro atoms. The predicted octanol–water partition coefficient (Wildman–Crippen LogP) is 4.66. The van der Waals surface area contributed by atoms with Crippen molar-refractivity contribution in [3.05, 3.63) is 89.5 Å². The summed E-state index contributed by atoms with van der Waals surface area (Å²) in [5.41, 5.74) is 3.18. The largest absolute Gasteiger partial charge is 0.494 e. The lowest BCUT2D eigenvalue weighted by atomic mass is 9.95. The quantitative estimate of drug-likeness (QED) is 0.589. The molecular formula is C28H27N3O3. The highest BCUT2D eigenvalue weighted by Crippen LogP contribution is 2.27. The number of nitrogens with one attached hydrogen (secondary N) is 1. The van der Waals surface area contributed by atoms with Crippen molar-refractivity contribution in [3.63, 3.8) is 0 Å².